The molecule has 2 rings (SSSR count). The summed E-state index contributed by atoms with van der Waals surface area (Å²) in [6, 6.07) is 10.1. The molecule has 112 valence electrons. The highest BCUT2D eigenvalue weighted by molar-refractivity contribution is 7.09. The highest BCUT2D eigenvalue weighted by Crippen LogP contribution is 2.18. The van der Waals surface area contributed by atoms with Gasteiger partial charge < -0.3 is 10.6 Å². The number of hydrogen-bond donors (Lipinski definition) is 2. The fraction of sp³-hybridized carbons (Fsp3) is 0.375. The van der Waals surface area contributed by atoms with E-state index in [4.69, 9.17) is 0 Å². The molecule has 4 nitrogen and oxygen atoms in total. The van der Waals surface area contributed by atoms with Crippen LogP contribution in [0.2, 0.25) is 0 Å². The van der Waals surface area contributed by atoms with E-state index in [1.165, 1.54) is 5.56 Å². The maximum absolute atomic E-state index is 12.0. The van der Waals surface area contributed by atoms with Gasteiger partial charge in [-0.2, -0.15) is 0 Å². The third-order valence-electron chi connectivity index (χ3n) is 3.69. The Morgan fingerprint density at radius 2 is 2.00 bits per heavy atom. The summed E-state index contributed by atoms with van der Waals surface area (Å²) < 4.78 is 0. The second-order valence-corrected chi connectivity index (χ2v) is 6.12. The molecule has 1 heterocycles. The standard InChI is InChI=1S/C16H21N3OS/c1-11(14-7-5-4-6-8-14)12(2)19-16(20)17-9-15-13(3)18-10-21-15/h4-8,10-12H,9H2,1-3H3,(H2,17,19,20)/t11-,12-/m0/s1. The van der Waals surface area contributed by atoms with Crippen LogP contribution in [0.5, 0.6) is 0 Å². The average molecular weight is 303 g/mol. The van der Waals surface area contributed by atoms with Gasteiger partial charge in [-0.3, -0.25) is 0 Å². The van der Waals surface area contributed by atoms with Gasteiger partial charge in [0.2, 0.25) is 0 Å². The van der Waals surface area contributed by atoms with Crippen LogP contribution in [0.1, 0.15) is 35.9 Å². The van der Waals surface area contributed by atoms with Gasteiger partial charge in [-0.1, -0.05) is 37.3 Å². The van der Waals surface area contributed by atoms with Gasteiger partial charge in [0.1, 0.15) is 0 Å². The Morgan fingerprint density at radius 3 is 2.62 bits per heavy atom. The van der Waals surface area contributed by atoms with Crippen molar-refractivity contribution in [2.24, 2.45) is 0 Å². The molecule has 0 unspecified atom stereocenters. The fourth-order valence-electron chi connectivity index (χ4n) is 2.08. The minimum Gasteiger partial charge on any atom is -0.335 e. The van der Waals surface area contributed by atoms with Gasteiger partial charge >= 0.3 is 6.03 Å². The van der Waals surface area contributed by atoms with Crippen LogP contribution in [-0.4, -0.2) is 17.1 Å². The first-order valence-corrected chi connectivity index (χ1v) is 7.94. The summed E-state index contributed by atoms with van der Waals surface area (Å²) >= 11 is 1.56. The first-order chi connectivity index (χ1) is 10.1. The molecular weight excluding hydrogens is 282 g/mol. The average Bonchev–Trinajstić information content (AvgIpc) is 2.90. The monoisotopic (exact) mass is 303 g/mol. The normalized spacial score (nSPS) is 13.5. The largest absolute Gasteiger partial charge is 0.335 e. The second-order valence-electron chi connectivity index (χ2n) is 5.18. The number of aryl methyl sites for hydroxylation is 1. The molecule has 0 fully saturated rings. The molecule has 0 saturated heterocycles. The lowest BCUT2D eigenvalue weighted by Gasteiger charge is -2.22. The molecule has 1 aromatic carbocycles. The second kappa shape index (κ2) is 7.22. The van der Waals surface area contributed by atoms with E-state index in [2.05, 4.69) is 34.7 Å². The van der Waals surface area contributed by atoms with E-state index in [1.807, 2.05) is 32.0 Å². The van der Waals surface area contributed by atoms with E-state index in [0.29, 0.717) is 6.54 Å². The van der Waals surface area contributed by atoms with Crippen molar-refractivity contribution in [1.82, 2.24) is 15.6 Å². The van der Waals surface area contributed by atoms with Crippen molar-refractivity contribution in [3.8, 4) is 0 Å². The molecule has 0 bridgehead atoms. The predicted octanol–water partition coefficient (Wildman–Crippen LogP) is 3.44. The van der Waals surface area contributed by atoms with Gasteiger partial charge in [0, 0.05) is 16.8 Å². The summed E-state index contributed by atoms with van der Waals surface area (Å²) in [5.41, 5.74) is 4.00. The summed E-state index contributed by atoms with van der Waals surface area (Å²) in [5.74, 6) is 0.266. The van der Waals surface area contributed by atoms with E-state index in [0.717, 1.165) is 10.6 Å². The molecule has 2 amide bonds. The first-order valence-electron chi connectivity index (χ1n) is 7.06. The molecule has 0 spiro atoms. The zero-order chi connectivity index (χ0) is 15.2. The van der Waals surface area contributed by atoms with E-state index in [-0.39, 0.29) is 18.0 Å². The topological polar surface area (TPSA) is 54.0 Å². The van der Waals surface area contributed by atoms with Crippen molar-refractivity contribution < 1.29 is 4.79 Å². The predicted molar refractivity (Wildman–Crippen MR) is 86.5 cm³/mol. The van der Waals surface area contributed by atoms with Crippen LogP contribution in [0.4, 0.5) is 4.79 Å². The molecule has 2 atom stereocenters. The number of carbonyl (C=O) groups excluding carboxylic acids is 1. The van der Waals surface area contributed by atoms with Crippen molar-refractivity contribution >= 4 is 17.4 Å². The highest BCUT2D eigenvalue weighted by atomic mass is 32.1. The van der Waals surface area contributed by atoms with Gasteiger partial charge in [-0.05, 0) is 19.4 Å². The molecule has 0 aliphatic carbocycles. The third kappa shape index (κ3) is 4.29. The Hall–Kier alpha value is -1.88. The van der Waals surface area contributed by atoms with Crippen LogP contribution in [0.25, 0.3) is 0 Å². The SMILES string of the molecule is Cc1ncsc1CNC(=O)N[C@@H](C)[C@H](C)c1ccccc1. The van der Waals surface area contributed by atoms with Gasteiger partial charge in [0.05, 0.1) is 17.7 Å². The van der Waals surface area contributed by atoms with E-state index < -0.39 is 0 Å². The third-order valence-corrected chi connectivity index (χ3v) is 4.62. The molecule has 0 aliphatic rings. The first kappa shape index (κ1) is 15.5. The van der Waals surface area contributed by atoms with Gasteiger partial charge in [0.25, 0.3) is 0 Å². The van der Waals surface area contributed by atoms with Crippen molar-refractivity contribution in [3.05, 3.63) is 52.0 Å². The maximum Gasteiger partial charge on any atom is 0.315 e. The van der Waals surface area contributed by atoms with Crippen molar-refractivity contribution in [3.63, 3.8) is 0 Å². The number of carbonyl (C=O) groups is 1. The minimum absolute atomic E-state index is 0.0648. The lowest BCUT2D eigenvalue weighted by Crippen LogP contribution is -2.42. The molecule has 2 aromatic rings. The Morgan fingerprint density at radius 1 is 1.29 bits per heavy atom. The number of nitrogens with one attached hydrogen (secondary N) is 2. The van der Waals surface area contributed by atoms with Crippen molar-refractivity contribution in [1.29, 1.82) is 0 Å². The molecule has 0 aliphatic heterocycles. The number of urea groups is 1. The molecule has 0 radical (unpaired) electrons. The van der Waals surface area contributed by atoms with E-state index in [9.17, 15) is 4.79 Å². The van der Waals surface area contributed by atoms with Gasteiger partial charge in [0.15, 0.2) is 0 Å². The van der Waals surface area contributed by atoms with Crippen LogP contribution < -0.4 is 10.6 Å². The zero-order valence-electron chi connectivity index (χ0n) is 12.6. The number of benzene rings is 1. The minimum atomic E-state index is -0.141. The van der Waals surface area contributed by atoms with Crippen LogP contribution >= 0.6 is 11.3 Å². The molecular formula is C16H21N3OS. The molecule has 21 heavy (non-hydrogen) atoms. The Labute approximate surface area is 129 Å². The van der Waals surface area contributed by atoms with E-state index in [1.54, 1.807) is 16.8 Å². The summed E-state index contributed by atoms with van der Waals surface area (Å²) in [7, 11) is 0. The zero-order valence-corrected chi connectivity index (χ0v) is 13.4. The maximum atomic E-state index is 12.0. The lowest BCUT2D eigenvalue weighted by molar-refractivity contribution is 0.236. The number of nitrogens with zero attached hydrogens (tertiary/aromatic N) is 1. The van der Waals surface area contributed by atoms with Crippen molar-refractivity contribution in [2.75, 3.05) is 0 Å². The van der Waals surface area contributed by atoms with Crippen LogP contribution in [0.15, 0.2) is 35.8 Å². The number of amides is 2. The Balaban J connectivity index is 1.83. The highest BCUT2D eigenvalue weighted by Gasteiger charge is 2.16. The summed E-state index contributed by atoms with van der Waals surface area (Å²) in [6.45, 7) is 6.61. The number of rotatable bonds is 5. The van der Waals surface area contributed by atoms with Gasteiger partial charge in [-0.25, -0.2) is 9.78 Å². The summed E-state index contributed by atoms with van der Waals surface area (Å²) in [6.07, 6.45) is 0. The fourth-order valence-corrected chi connectivity index (χ4v) is 2.80. The van der Waals surface area contributed by atoms with Crippen molar-refractivity contribution in [2.45, 2.75) is 39.3 Å². The van der Waals surface area contributed by atoms with Crippen LogP contribution in [-0.2, 0) is 6.54 Å². The molecule has 1 aromatic heterocycles. The number of thiazole rings is 1. The lowest BCUT2D eigenvalue weighted by atomic mass is 9.95. The molecule has 2 N–H and O–H groups in total. The smallest absolute Gasteiger partial charge is 0.315 e. The Bertz CT molecular complexity index is 582. The summed E-state index contributed by atoms with van der Waals surface area (Å²) in [4.78, 5) is 17.2. The van der Waals surface area contributed by atoms with E-state index >= 15 is 0 Å². The van der Waals surface area contributed by atoms with Crippen LogP contribution in [0.3, 0.4) is 0 Å². The number of hydrogen-bond acceptors (Lipinski definition) is 3. The Kier molecular flexibility index (Phi) is 5.33. The quantitative estimate of drug-likeness (QED) is 0.889. The number of aromatic nitrogens is 1. The summed E-state index contributed by atoms with van der Waals surface area (Å²) in [5, 5.41) is 5.88. The van der Waals surface area contributed by atoms with Crippen LogP contribution in [0, 0.1) is 6.92 Å². The molecule has 5 heteroatoms. The molecule has 0 saturated carbocycles. The van der Waals surface area contributed by atoms with Gasteiger partial charge in [-0.15, -0.1) is 11.3 Å².